The lowest BCUT2D eigenvalue weighted by atomic mass is 10.1. The summed E-state index contributed by atoms with van der Waals surface area (Å²) in [6.45, 7) is 10.2. The zero-order valence-corrected chi connectivity index (χ0v) is 15.9. The van der Waals surface area contributed by atoms with Crippen LogP contribution in [0.5, 0.6) is 0 Å². The van der Waals surface area contributed by atoms with Crippen molar-refractivity contribution in [1.29, 1.82) is 0 Å². The van der Waals surface area contributed by atoms with Crippen LogP contribution in [0.25, 0.3) is 0 Å². The Morgan fingerprint density at radius 3 is 2.77 bits per heavy atom. The fourth-order valence-electron chi connectivity index (χ4n) is 2.75. The number of morpholine rings is 1. The largest absolute Gasteiger partial charge is 0.382 e. The molecular formula is C19H31FN4O2. The van der Waals surface area contributed by atoms with E-state index in [-0.39, 0.29) is 5.82 Å². The minimum absolute atomic E-state index is 0.200. The highest BCUT2D eigenvalue weighted by atomic mass is 19.1. The number of benzene rings is 1. The maximum absolute atomic E-state index is 14.5. The van der Waals surface area contributed by atoms with E-state index in [0.717, 1.165) is 57.3 Å². The number of hydrogen-bond donors (Lipinski definition) is 2. The minimum atomic E-state index is -0.200. The van der Waals surface area contributed by atoms with Crippen LogP contribution < -0.4 is 15.5 Å². The molecule has 0 bridgehead atoms. The first-order valence-corrected chi connectivity index (χ1v) is 9.45. The summed E-state index contributed by atoms with van der Waals surface area (Å²) in [6, 6.07) is 5.36. The summed E-state index contributed by atoms with van der Waals surface area (Å²) in [5, 5.41) is 6.47. The molecule has 146 valence electrons. The van der Waals surface area contributed by atoms with Gasteiger partial charge in [-0.3, -0.25) is 0 Å². The zero-order valence-electron chi connectivity index (χ0n) is 15.9. The van der Waals surface area contributed by atoms with Gasteiger partial charge in [-0.25, -0.2) is 9.38 Å². The number of anilines is 1. The fourth-order valence-corrected chi connectivity index (χ4v) is 2.75. The second-order valence-corrected chi connectivity index (χ2v) is 6.06. The predicted octanol–water partition coefficient (Wildman–Crippen LogP) is 2.14. The van der Waals surface area contributed by atoms with Gasteiger partial charge in [0.15, 0.2) is 5.96 Å². The normalized spacial score (nSPS) is 15.2. The van der Waals surface area contributed by atoms with E-state index in [1.54, 1.807) is 6.07 Å². The molecule has 1 aromatic carbocycles. The molecule has 0 spiro atoms. The molecule has 1 aliphatic rings. The molecule has 1 saturated heterocycles. The molecule has 0 saturated carbocycles. The van der Waals surface area contributed by atoms with Crippen molar-refractivity contribution in [2.24, 2.45) is 4.99 Å². The third-order valence-corrected chi connectivity index (χ3v) is 4.09. The van der Waals surface area contributed by atoms with Gasteiger partial charge in [-0.15, -0.1) is 0 Å². The van der Waals surface area contributed by atoms with Crippen LogP contribution in [0.1, 0.15) is 25.8 Å². The highest BCUT2D eigenvalue weighted by Crippen LogP contribution is 2.21. The maximum Gasteiger partial charge on any atom is 0.191 e. The van der Waals surface area contributed by atoms with E-state index in [1.165, 1.54) is 0 Å². The zero-order chi connectivity index (χ0) is 18.6. The molecule has 1 heterocycles. The summed E-state index contributed by atoms with van der Waals surface area (Å²) in [6.07, 6.45) is 0.918. The molecule has 2 N–H and O–H groups in total. The molecule has 0 atom stereocenters. The number of hydrogen-bond acceptors (Lipinski definition) is 4. The summed E-state index contributed by atoms with van der Waals surface area (Å²) in [5.74, 6) is 0.538. The smallest absolute Gasteiger partial charge is 0.191 e. The average Bonchev–Trinajstić information content (AvgIpc) is 2.66. The molecule has 2 rings (SSSR count). The molecular weight excluding hydrogens is 335 g/mol. The van der Waals surface area contributed by atoms with Crippen molar-refractivity contribution in [3.05, 3.63) is 29.6 Å². The Balaban J connectivity index is 1.90. The van der Waals surface area contributed by atoms with Gasteiger partial charge in [0.2, 0.25) is 0 Å². The highest BCUT2D eigenvalue weighted by molar-refractivity contribution is 5.79. The first kappa shape index (κ1) is 20.5. The Bertz CT molecular complexity index is 562. The summed E-state index contributed by atoms with van der Waals surface area (Å²) in [7, 11) is 0. The van der Waals surface area contributed by atoms with Crippen molar-refractivity contribution in [2.45, 2.75) is 26.8 Å². The molecule has 0 aromatic heterocycles. The topological polar surface area (TPSA) is 58.1 Å². The van der Waals surface area contributed by atoms with E-state index in [0.29, 0.717) is 25.4 Å². The van der Waals surface area contributed by atoms with Crippen molar-refractivity contribution in [3.8, 4) is 0 Å². The third kappa shape index (κ3) is 6.80. The Hall–Kier alpha value is -1.86. The Labute approximate surface area is 155 Å². The van der Waals surface area contributed by atoms with Crippen LogP contribution >= 0.6 is 0 Å². The van der Waals surface area contributed by atoms with Crippen LogP contribution in [0, 0.1) is 5.82 Å². The number of nitrogens with zero attached hydrogens (tertiary/aromatic N) is 2. The molecule has 0 radical (unpaired) electrons. The third-order valence-electron chi connectivity index (χ3n) is 4.09. The standard InChI is InChI=1S/C19H31FN4O2/c1-3-21-19(22-8-5-11-25-4-2)23-15-16-6-7-18(17(20)14-16)24-9-12-26-13-10-24/h6-7,14H,3-5,8-13,15H2,1-2H3,(H2,21,22,23). The monoisotopic (exact) mass is 366 g/mol. The molecule has 0 unspecified atom stereocenters. The summed E-state index contributed by atoms with van der Waals surface area (Å²) in [5.41, 5.74) is 1.49. The van der Waals surface area contributed by atoms with Crippen molar-refractivity contribution in [1.82, 2.24) is 10.6 Å². The van der Waals surface area contributed by atoms with Gasteiger partial charge in [0.1, 0.15) is 5.82 Å². The van der Waals surface area contributed by atoms with Crippen LogP contribution in [-0.4, -0.2) is 58.6 Å². The lowest BCUT2D eigenvalue weighted by molar-refractivity contribution is 0.122. The number of rotatable bonds is 9. The van der Waals surface area contributed by atoms with Crippen LogP contribution in [0.3, 0.4) is 0 Å². The number of guanidine groups is 1. The average molecular weight is 366 g/mol. The van der Waals surface area contributed by atoms with Crippen LogP contribution in [-0.2, 0) is 16.0 Å². The van der Waals surface area contributed by atoms with Crippen molar-refractivity contribution in [2.75, 3.05) is 57.5 Å². The summed E-state index contributed by atoms with van der Waals surface area (Å²) < 4.78 is 25.1. The Morgan fingerprint density at radius 1 is 1.27 bits per heavy atom. The minimum Gasteiger partial charge on any atom is -0.382 e. The molecule has 1 aromatic rings. The van der Waals surface area contributed by atoms with Gasteiger partial charge in [0.05, 0.1) is 25.4 Å². The van der Waals surface area contributed by atoms with Crippen molar-refractivity contribution in [3.63, 3.8) is 0 Å². The SMILES string of the molecule is CCNC(=NCc1ccc(N2CCOCC2)c(F)c1)NCCCOCC. The lowest BCUT2D eigenvalue weighted by Crippen LogP contribution is -2.38. The van der Waals surface area contributed by atoms with Crippen LogP contribution in [0.2, 0.25) is 0 Å². The van der Waals surface area contributed by atoms with Gasteiger partial charge in [0, 0.05) is 39.4 Å². The van der Waals surface area contributed by atoms with E-state index in [4.69, 9.17) is 9.47 Å². The van der Waals surface area contributed by atoms with E-state index in [2.05, 4.69) is 15.6 Å². The summed E-state index contributed by atoms with van der Waals surface area (Å²) in [4.78, 5) is 6.56. The van der Waals surface area contributed by atoms with Gasteiger partial charge < -0.3 is 25.0 Å². The molecule has 7 heteroatoms. The van der Waals surface area contributed by atoms with Crippen molar-refractivity contribution >= 4 is 11.6 Å². The van der Waals surface area contributed by atoms with Crippen LogP contribution in [0.4, 0.5) is 10.1 Å². The predicted molar refractivity (Wildman–Crippen MR) is 103 cm³/mol. The molecule has 26 heavy (non-hydrogen) atoms. The van der Waals surface area contributed by atoms with Crippen LogP contribution in [0.15, 0.2) is 23.2 Å². The molecule has 1 aliphatic heterocycles. The van der Waals surface area contributed by atoms with Gasteiger partial charge in [-0.1, -0.05) is 6.07 Å². The highest BCUT2D eigenvalue weighted by Gasteiger charge is 2.15. The number of ether oxygens (including phenoxy) is 2. The Morgan fingerprint density at radius 2 is 2.08 bits per heavy atom. The molecule has 6 nitrogen and oxygen atoms in total. The number of halogens is 1. The van der Waals surface area contributed by atoms with E-state index < -0.39 is 0 Å². The maximum atomic E-state index is 14.5. The van der Waals surface area contributed by atoms with Gasteiger partial charge in [-0.05, 0) is 38.0 Å². The second-order valence-electron chi connectivity index (χ2n) is 6.06. The molecule has 0 aliphatic carbocycles. The quantitative estimate of drug-likeness (QED) is 0.398. The van der Waals surface area contributed by atoms with E-state index in [9.17, 15) is 4.39 Å². The first-order chi connectivity index (χ1) is 12.7. The first-order valence-electron chi connectivity index (χ1n) is 9.45. The number of aliphatic imine (C=N–C) groups is 1. The summed E-state index contributed by atoms with van der Waals surface area (Å²) >= 11 is 0. The lowest BCUT2D eigenvalue weighted by Gasteiger charge is -2.29. The molecule has 0 amide bonds. The number of nitrogens with one attached hydrogen (secondary N) is 2. The van der Waals surface area contributed by atoms with Crippen molar-refractivity contribution < 1.29 is 13.9 Å². The van der Waals surface area contributed by atoms with E-state index >= 15 is 0 Å². The Kier molecular flexibility index (Phi) is 9.20. The van der Waals surface area contributed by atoms with Gasteiger partial charge in [0.25, 0.3) is 0 Å². The fraction of sp³-hybridized carbons (Fsp3) is 0.632. The second kappa shape index (κ2) is 11.7. The molecule has 1 fully saturated rings. The van der Waals surface area contributed by atoms with Gasteiger partial charge in [-0.2, -0.15) is 0 Å². The van der Waals surface area contributed by atoms with E-state index in [1.807, 2.05) is 30.9 Å². The van der Waals surface area contributed by atoms with Gasteiger partial charge >= 0.3 is 0 Å².